The fraction of sp³-hybridized carbons (Fsp3) is 0.188. The maximum atomic E-state index is 12.8. The van der Waals surface area contributed by atoms with E-state index in [0.717, 1.165) is 42.4 Å². The minimum atomic E-state index is -1.52. The number of nitrogens with one attached hydrogen (secondary N) is 1. The summed E-state index contributed by atoms with van der Waals surface area (Å²) in [6.45, 7) is 0.802. The standard InChI is InChI=1S/C9H9ClO.C7H6FN3O3/c10-8-5-1-3-7-4-2-6-11-9(7)8;8-3-1-2-4(11-7(9)14)10-5(3)6(12)13/h1,3,5H,2,4,6H2;1-2H,(H,12,13)(H3,9,10,11,14). The molecule has 0 saturated carbocycles. The van der Waals surface area contributed by atoms with Crippen molar-refractivity contribution in [2.24, 2.45) is 5.73 Å². The Hall–Kier alpha value is -2.87. The molecular formula is C16H15ClFN3O4. The van der Waals surface area contributed by atoms with E-state index in [4.69, 9.17) is 27.2 Å². The number of halogens is 2. The van der Waals surface area contributed by atoms with Crippen LogP contribution in [0.15, 0.2) is 30.3 Å². The van der Waals surface area contributed by atoms with Gasteiger partial charge in [0.1, 0.15) is 11.6 Å². The van der Waals surface area contributed by atoms with E-state index in [1.807, 2.05) is 17.4 Å². The summed E-state index contributed by atoms with van der Waals surface area (Å²) >= 11 is 5.92. The number of aromatic nitrogens is 1. The van der Waals surface area contributed by atoms with Crippen molar-refractivity contribution in [3.8, 4) is 5.75 Å². The van der Waals surface area contributed by atoms with Crippen molar-refractivity contribution in [2.75, 3.05) is 11.9 Å². The number of aromatic carboxylic acids is 1. The molecule has 1 aromatic heterocycles. The summed E-state index contributed by atoms with van der Waals surface area (Å²) < 4.78 is 18.2. The Kier molecular flexibility index (Phi) is 6.13. The summed E-state index contributed by atoms with van der Waals surface area (Å²) in [5, 5.41) is 11.2. The number of para-hydroxylation sites is 1. The topological polar surface area (TPSA) is 115 Å². The van der Waals surface area contributed by atoms with Gasteiger partial charge in [-0.1, -0.05) is 23.7 Å². The number of urea groups is 1. The van der Waals surface area contributed by atoms with Gasteiger partial charge < -0.3 is 15.6 Å². The van der Waals surface area contributed by atoms with Gasteiger partial charge in [-0.2, -0.15) is 0 Å². The number of ether oxygens (including phenoxy) is 1. The second kappa shape index (κ2) is 8.29. The lowest BCUT2D eigenvalue weighted by Crippen LogP contribution is -2.20. The van der Waals surface area contributed by atoms with Crippen LogP contribution in [-0.4, -0.2) is 28.7 Å². The van der Waals surface area contributed by atoms with E-state index in [1.54, 1.807) is 0 Å². The van der Waals surface area contributed by atoms with E-state index < -0.39 is 23.5 Å². The number of carboxylic acids is 1. The van der Waals surface area contributed by atoms with Crippen LogP contribution < -0.4 is 15.8 Å². The minimum Gasteiger partial charge on any atom is -0.492 e. The molecule has 1 aliphatic rings. The lowest BCUT2D eigenvalue weighted by atomic mass is 10.1. The van der Waals surface area contributed by atoms with Gasteiger partial charge in [0.25, 0.3) is 0 Å². The zero-order chi connectivity index (χ0) is 18.4. The van der Waals surface area contributed by atoms with Crippen LogP contribution in [0.3, 0.4) is 0 Å². The number of nitrogens with two attached hydrogens (primary N) is 1. The van der Waals surface area contributed by atoms with Crippen LogP contribution in [0.1, 0.15) is 22.5 Å². The lowest BCUT2D eigenvalue weighted by molar-refractivity contribution is 0.0685. The first-order valence-electron chi connectivity index (χ1n) is 7.25. The zero-order valence-electron chi connectivity index (χ0n) is 13.0. The molecule has 0 unspecified atom stereocenters. The number of carboxylic acid groups (broad SMARTS) is 1. The molecule has 7 nitrogen and oxygen atoms in total. The van der Waals surface area contributed by atoms with Gasteiger partial charge in [0.2, 0.25) is 0 Å². The van der Waals surface area contributed by atoms with Crippen molar-refractivity contribution in [2.45, 2.75) is 12.8 Å². The van der Waals surface area contributed by atoms with Crippen molar-refractivity contribution in [3.63, 3.8) is 0 Å². The molecule has 1 aromatic carbocycles. The minimum absolute atomic E-state index is 0.115. The van der Waals surface area contributed by atoms with Gasteiger partial charge in [0.15, 0.2) is 11.5 Å². The molecule has 2 aromatic rings. The normalized spacial score (nSPS) is 12.1. The highest BCUT2D eigenvalue weighted by Gasteiger charge is 2.13. The number of pyridine rings is 1. The van der Waals surface area contributed by atoms with E-state index in [-0.39, 0.29) is 5.82 Å². The van der Waals surface area contributed by atoms with E-state index in [0.29, 0.717) is 0 Å². The van der Waals surface area contributed by atoms with Crippen LogP contribution in [-0.2, 0) is 6.42 Å². The van der Waals surface area contributed by atoms with Gasteiger partial charge in [0.05, 0.1) is 11.6 Å². The summed E-state index contributed by atoms with van der Waals surface area (Å²) in [6.07, 6.45) is 2.20. The van der Waals surface area contributed by atoms with Gasteiger partial charge in [-0.05, 0) is 36.6 Å². The predicted octanol–water partition coefficient (Wildman–Crippen LogP) is 3.07. The number of fused-ring (bicyclic) bond motifs is 1. The molecule has 0 spiro atoms. The van der Waals surface area contributed by atoms with Crippen molar-refractivity contribution in [3.05, 3.63) is 52.4 Å². The number of benzene rings is 1. The van der Waals surface area contributed by atoms with E-state index in [1.165, 1.54) is 5.56 Å². The molecule has 0 bridgehead atoms. The first-order chi connectivity index (χ1) is 11.9. The van der Waals surface area contributed by atoms with Gasteiger partial charge in [0, 0.05) is 0 Å². The zero-order valence-corrected chi connectivity index (χ0v) is 13.7. The quantitative estimate of drug-likeness (QED) is 0.754. The molecule has 3 rings (SSSR count). The fourth-order valence-electron chi connectivity index (χ4n) is 2.14. The molecule has 0 aliphatic carbocycles. The van der Waals surface area contributed by atoms with E-state index >= 15 is 0 Å². The number of hydrogen-bond donors (Lipinski definition) is 3. The summed E-state index contributed by atoms with van der Waals surface area (Å²) in [7, 11) is 0. The third-order valence-corrected chi connectivity index (χ3v) is 3.48. The molecule has 0 saturated heterocycles. The van der Waals surface area contributed by atoms with Gasteiger partial charge in [-0.3, -0.25) is 5.32 Å². The molecular weight excluding hydrogens is 353 g/mol. The highest BCUT2D eigenvalue weighted by Crippen LogP contribution is 2.31. The summed E-state index contributed by atoms with van der Waals surface area (Å²) in [4.78, 5) is 24.1. The van der Waals surface area contributed by atoms with Crippen LogP contribution in [0.25, 0.3) is 0 Å². The van der Waals surface area contributed by atoms with Crippen molar-refractivity contribution in [1.29, 1.82) is 0 Å². The first-order valence-corrected chi connectivity index (χ1v) is 7.62. The van der Waals surface area contributed by atoms with Crippen LogP contribution in [0.4, 0.5) is 15.0 Å². The second-order valence-electron chi connectivity index (χ2n) is 5.00. The van der Waals surface area contributed by atoms with Crippen LogP contribution in [0.2, 0.25) is 5.02 Å². The third-order valence-electron chi connectivity index (χ3n) is 3.19. The molecule has 4 N–H and O–H groups in total. The van der Waals surface area contributed by atoms with E-state index in [9.17, 15) is 14.0 Å². The lowest BCUT2D eigenvalue weighted by Gasteiger charge is -2.17. The van der Waals surface area contributed by atoms with Gasteiger partial charge >= 0.3 is 12.0 Å². The Morgan fingerprint density at radius 3 is 2.72 bits per heavy atom. The second-order valence-corrected chi connectivity index (χ2v) is 5.41. The number of amides is 2. The number of nitrogens with zero attached hydrogens (tertiary/aromatic N) is 1. The largest absolute Gasteiger partial charge is 0.492 e. The molecule has 25 heavy (non-hydrogen) atoms. The first kappa shape index (κ1) is 18.5. The number of anilines is 1. The van der Waals surface area contributed by atoms with Crippen LogP contribution in [0.5, 0.6) is 5.75 Å². The Balaban J connectivity index is 0.000000185. The molecule has 2 heterocycles. The number of hydrogen-bond acceptors (Lipinski definition) is 4. The van der Waals surface area contributed by atoms with Gasteiger partial charge in [-0.15, -0.1) is 0 Å². The maximum Gasteiger partial charge on any atom is 0.357 e. The monoisotopic (exact) mass is 367 g/mol. The average molecular weight is 368 g/mol. The summed E-state index contributed by atoms with van der Waals surface area (Å²) in [5.74, 6) is -1.72. The smallest absolute Gasteiger partial charge is 0.357 e. The highest BCUT2D eigenvalue weighted by molar-refractivity contribution is 6.32. The SMILES string of the molecule is Clc1cccc2c1OCCC2.NC(=O)Nc1ccc(F)c(C(=O)O)n1. The fourth-order valence-corrected chi connectivity index (χ4v) is 2.39. The van der Waals surface area contributed by atoms with Crippen molar-refractivity contribution >= 4 is 29.4 Å². The van der Waals surface area contributed by atoms with Crippen LogP contribution >= 0.6 is 11.6 Å². The predicted molar refractivity (Wildman–Crippen MR) is 89.6 cm³/mol. The summed E-state index contributed by atoms with van der Waals surface area (Å²) in [5.41, 5.74) is 5.23. The van der Waals surface area contributed by atoms with Crippen LogP contribution in [0, 0.1) is 5.82 Å². The molecule has 132 valence electrons. The van der Waals surface area contributed by atoms with Crippen molar-refractivity contribution < 1.29 is 23.8 Å². The van der Waals surface area contributed by atoms with E-state index in [2.05, 4.69) is 11.1 Å². The Labute approximate surface area is 147 Å². The Morgan fingerprint density at radius 1 is 1.32 bits per heavy atom. The average Bonchev–Trinajstić information content (AvgIpc) is 2.57. The number of rotatable bonds is 2. The Bertz CT molecular complexity index is 801. The number of aryl methyl sites for hydroxylation is 1. The van der Waals surface area contributed by atoms with Crippen molar-refractivity contribution in [1.82, 2.24) is 4.98 Å². The number of carbonyl (C=O) groups is 2. The molecule has 0 radical (unpaired) electrons. The third kappa shape index (κ3) is 5.05. The summed E-state index contributed by atoms with van der Waals surface area (Å²) in [6, 6.07) is 6.98. The van der Waals surface area contributed by atoms with Gasteiger partial charge in [-0.25, -0.2) is 19.0 Å². The number of carbonyl (C=O) groups excluding carboxylic acids is 1. The molecule has 0 fully saturated rings. The molecule has 0 atom stereocenters. The molecule has 9 heteroatoms. The molecule has 1 aliphatic heterocycles. The number of primary amides is 1. The maximum absolute atomic E-state index is 12.8. The molecule has 2 amide bonds. The Morgan fingerprint density at radius 2 is 2.08 bits per heavy atom. The highest BCUT2D eigenvalue weighted by atomic mass is 35.5.